The standard InChI is InChI=1S/C26H30N4O5/c1-2-3-9-23-27-16-22(30(23)17-19-10-12-20(13-11-19)26(33)34)25(32)28-21(15-24(31)29-35)14-18-7-5-4-6-8-18/h4-8,10-13,16,21,35H,2-3,9,14-15,17H2,1H3,(H,28,32)(H,29,31)(H,33,34)/t21-/m1/s1. The van der Waals surface area contributed by atoms with Crippen LogP contribution in [0.3, 0.4) is 0 Å². The Bertz CT molecular complexity index is 1140. The fourth-order valence-corrected chi connectivity index (χ4v) is 3.84. The van der Waals surface area contributed by atoms with Gasteiger partial charge in [-0.2, -0.15) is 0 Å². The molecule has 35 heavy (non-hydrogen) atoms. The number of amides is 2. The third kappa shape index (κ3) is 7.25. The molecule has 2 aromatic carbocycles. The molecule has 184 valence electrons. The first-order chi connectivity index (χ1) is 16.9. The monoisotopic (exact) mass is 478 g/mol. The number of aromatic nitrogens is 2. The van der Waals surface area contributed by atoms with Gasteiger partial charge >= 0.3 is 5.97 Å². The number of imidazole rings is 1. The van der Waals surface area contributed by atoms with Crippen molar-refractivity contribution in [3.8, 4) is 0 Å². The highest BCUT2D eigenvalue weighted by atomic mass is 16.5. The van der Waals surface area contributed by atoms with Crippen LogP contribution in [0.2, 0.25) is 0 Å². The molecule has 0 saturated carbocycles. The minimum atomic E-state index is -1.00. The van der Waals surface area contributed by atoms with Crippen LogP contribution >= 0.6 is 0 Å². The minimum Gasteiger partial charge on any atom is -0.478 e. The Morgan fingerprint density at radius 3 is 2.37 bits per heavy atom. The van der Waals surface area contributed by atoms with Gasteiger partial charge in [0.05, 0.1) is 11.8 Å². The van der Waals surface area contributed by atoms with Gasteiger partial charge in [0, 0.05) is 25.4 Å². The smallest absolute Gasteiger partial charge is 0.335 e. The number of carbonyl (C=O) groups is 3. The predicted molar refractivity (Wildman–Crippen MR) is 129 cm³/mol. The van der Waals surface area contributed by atoms with E-state index in [1.807, 2.05) is 34.9 Å². The number of unbranched alkanes of at least 4 members (excludes halogenated alkanes) is 1. The first-order valence-corrected chi connectivity index (χ1v) is 11.6. The molecule has 9 nitrogen and oxygen atoms in total. The van der Waals surface area contributed by atoms with Crippen molar-refractivity contribution in [2.45, 2.75) is 51.6 Å². The summed E-state index contributed by atoms with van der Waals surface area (Å²) in [5.74, 6) is -1.22. The van der Waals surface area contributed by atoms with Crippen LogP contribution in [0, 0.1) is 0 Å². The SMILES string of the molecule is CCCCc1ncc(C(=O)N[C@@H](CC(=O)NO)Cc2ccccc2)n1Cc1ccc(C(=O)O)cc1. The van der Waals surface area contributed by atoms with E-state index in [2.05, 4.69) is 17.2 Å². The average molecular weight is 479 g/mol. The summed E-state index contributed by atoms with van der Waals surface area (Å²) in [6.45, 7) is 2.42. The van der Waals surface area contributed by atoms with Crippen molar-refractivity contribution >= 4 is 17.8 Å². The zero-order chi connectivity index (χ0) is 25.2. The lowest BCUT2D eigenvalue weighted by Gasteiger charge is -2.19. The molecule has 0 aliphatic heterocycles. The molecule has 0 fully saturated rings. The van der Waals surface area contributed by atoms with Gasteiger partial charge in [0.1, 0.15) is 11.5 Å². The molecule has 0 aliphatic rings. The summed E-state index contributed by atoms with van der Waals surface area (Å²) >= 11 is 0. The lowest BCUT2D eigenvalue weighted by Crippen LogP contribution is -2.41. The summed E-state index contributed by atoms with van der Waals surface area (Å²) in [6, 6.07) is 15.4. The van der Waals surface area contributed by atoms with Gasteiger partial charge in [-0.1, -0.05) is 55.8 Å². The molecule has 1 atom stereocenters. The lowest BCUT2D eigenvalue weighted by molar-refractivity contribution is -0.129. The van der Waals surface area contributed by atoms with Gasteiger partial charge < -0.3 is 15.0 Å². The van der Waals surface area contributed by atoms with Crippen LogP contribution in [0.25, 0.3) is 0 Å². The highest BCUT2D eigenvalue weighted by molar-refractivity contribution is 5.93. The Balaban J connectivity index is 1.85. The van der Waals surface area contributed by atoms with Gasteiger partial charge in [0.25, 0.3) is 5.91 Å². The number of rotatable bonds is 12. The Morgan fingerprint density at radius 1 is 1.03 bits per heavy atom. The molecular formula is C26H30N4O5. The van der Waals surface area contributed by atoms with Gasteiger partial charge in [-0.25, -0.2) is 15.3 Å². The third-order valence-electron chi connectivity index (χ3n) is 5.68. The molecule has 0 spiro atoms. The summed E-state index contributed by atoms with van der Waals surface area (Å²) in [5, 5.41) is 21.1. The van der Waals surface area contributed by atoms with Gasteiger partial charge in [0.2, 0.25) is 5.91 Å². The first kappa shape index (κ1) is 25.6. The van der Waals surface area contributed by atoms with Gasteiger partial charge in [-0.05, 0) is 36.1 Å². The molecule has 0 aliphatic carbocycles. The van der Waals surface area contributed by atoms with Crippen molar-refractivity contribution in [2.24, 2.45) is 0 Å². The molecule has 1 heterocycles. The average Bonchev–Trinajstić information content (AvgIpc) is 3.25. The number of hydroxylamine groups is 1. The summed E-state index contributed by atoms with van der Waals surface area (Å²) in [4.78, 5) is 40.8. The number of nitrogens with one attached hydrogen (secondary N) is 2. The molecule has 0 saturated heterocycles. The van der Waals surface area contributed by atoms with E-state index >= 15 is 0 Å². The normalized spacial score (nSPS) is 11.6. The topological polar surface area (TPSA) is 134 Å². The summed E-state index contributed by atoms with van der Waals surface area (Å²) < 4.78 is 1.83. The van der Waals surface area contributed by atoms with Crippen LogP contribution in [0.15, 0.2) is 60.8 Å². The Kier molecular flexibility index (Phi) is 9.14. The van der Waals surface area contributed by atoms with Crippen LogP contribution < -0.4 is 10.8 Å². The number of hydrogen-bond acceptors (Lipinski definition) is 5. The Labute approximate surface area is 203 Å². The highest BCUT2D eigenvalue weighted by Crippen LogP contribution is 2.15. The number of benzene rings is 2. The van der Waals surface area contributed by atoms with Gasteiger partial charge in [-0.3, -0.25) is 14.8 Å². The molecule has 0 radical (unpaired) electrons. The van der Waals surface area contributed by atoms with E-state index in [-0.39, 0.29) is 17.9 Å². The van der Waals surface area contributed by atoms with Crippen molar-refractivity contribution < 1.29 is 24.7 Å². The largest absolute Gasteiger partial charge is 0.478 e. The maximum atomic E-state index is 13.3. The number of nitrogens with zero attached hydrogens (tertiary/aromatic N) is 2. The van der Waals surface area contributed by atoms with Crippen molar-refractivity contribution in [3.63, 3.8) is 0 Å². The fraction of sp³-hybridized carbons (Fsp3) is 0.308. The van der Waals surface area contributed by atoms with E-state index < -0.39 is 17.9 Å². The molecule has 3 aromatic rings. The number of carboxylic acid groups (broad SMARTS) is 1. The lowest BCUT2D eigenvalue weighted by atomic mass is 10.0. The third-order valence-corrected chi connectivity index (χ3v) is 5.68. The van der Waals surface area contributed by atoms with E-state index in [1.165, 1.54) is 18.3 Å². The number of carboxylic acids is 1. The van der Waals surface area contributed by atoms with Gasteiger partial charge in [-0.15, -0.1) is 0 Å². The van der Waals surface area contributed by atoms with E-state index in [0.29, 0.717) is 25.1 Å². The first-order valence-electron chi connectivity index (χ1n) is 11.6. The number of aryl methyl sites for hydroxylation is 1. The molecule has 2 amide bonds. The Hall–Kier alpha value is -3.98. The molecule has 0 unspecified atom stereocenters. The summed E-state index contributed by atoms with van der Waals surface area (Å²) in [7, 11) is 0. The molecule has 9 heteroatoms. The highest BCUT2D eigenvalue weighted by Gasteiger charge is 2.22. The van der Waals surface area contributed by atoms with Crippen LogP contribution in [0.1, 0.15) is 64.0 Å². The predicted octanol–water partition coefficient (Wildman–Crippen LogP) is 3.21. The molecule has 3 rings (SSSR count). The van der Waals surface area contributed by atoms with Crippen molar-refractivity contribution in [1.82, 2.24) is 20.3 Å². The van der Waals surface area contributed by atoms with Crippen LogP contribution in [0.5, 0.6) is 0 Å². The maximum absolute atomic E-state index is 13.3. The molecule has 4 N–H and O–H groups in total. The number of aromatic carboxylic acids is 1. The maximum Gasteiger partial charge on any atom is 0.335 e. The van der Waals surface area contributed by atoms with Crippen LogP contribution in [0.4, 0.5) is 0 Å². The second kappa shape index (κ2) is 12.5. The quantitative estimate of drug-likeness (QED) is 0.233. The van der Waals surface area contributed by atoms with E-state index in [1.54, 1.807) is 17.6 Å². The second-order valence-electron chi connectivity index (χ2n) is 8.35. The minimum absolute atomic E-state index is 0.0926. The van der Waals surface area contributed by atoms with Crippen molar-refractivity contribution in [3.05, 3.63) is 89.0 Å². The van der Waals surface area contributed by atoms with E-state index in [0.717, 1.165) is 29.8 Å². The summed E-state index contributed by atoms with van der Waals surface area (Å²) in [6.07, 6.45) is 4.41. The second-order valence-corrected chi connectivity index (χ2v) is 8.35. The van der Waals surface area contributed by atoms with Gasteiger partial charge in [0.15, 0.2) is 0 Å². The molecule has 1 aromatic heterocycles. The number of hydrogen-bond donors (Lipinski definition) is 4. The van der Waals surface area contributed by atoms with Crippen molar-refractivity contribution in [2.75, 3.05) is 0 Å². The van der Waals surface area contributed by atoms with E-state index in [9.17, 15) is 14.4 Å². The van der Waals surface area contributed by atoms with E-state index in [4.69, 9.17) is 10.3 Å². The van der Waals surface area contributed by atoms with Crippen molar-refractivity contribution in [1.29, 1.82) is 0 Å². The van der Waals surface area contributed by atoms with Crippen LogP contribution in [-0.4, -0.2) is 43.7 Å². The summed E-state index contributed by atoms with van der Waals surface area (Å²) in [5.41, 5.74) is 3.94. The Morgan fingerprint density at radius 2 is 1.74 bits per heavy atom. The number of carbonyl (C=O) groups excluding carboxylic acids is 2. The zero-order valence-electron chi connectivity index (χ0n) is 19.6. The zero-order valence-corrected chi connectivity index (χ0v) is 19.6. The van der Waals surface area contributed by atoms with Crippen LogP contribution in [-0.2, 0) is 24.2 Å². The molecular weight excluding hydrogens is 448 g/mol. The fourth-order valence-electron chi connectivity index (χ4n) is 3.84. The molecule has 0 bridgehead atoms.